The first kappa shape index (κ1) is 16.6. The number of rotatable bonds is 3. The predicted octanol–water partition coefficient (Wildman–Crippen LogP) is 3.72. The maximum atomic E-state index is 13.2. The van der Waals surface area contributed by atoms with Crippen molar-refractivity contribution in [3.8, 4) is 11.4 Å². The summed E-state index contributed by atoms with van der Waals surface area (Å²) in [5, 5.41) is 0. The van der Waals surface area contributed by atoms with Crippen LogP contribution in [0.4, 0.5) is 0 Å². The van der Waals surface area contributed by atoms with Crippen molar-refractivity contribution in [1.29, 1.82) is 0 Å². The summed E-state index contributed by atoms with van der Waals surface area (Å²) in [5.41, 5.74) is 2.53. The molecule has 5 nitrogen and oxygen atoms in total. The van der Waals surface area contributed by atoms with Crippen molar-refractivity contribution < 1.29 is 4.74 Å². The summed E-state index contributed by atoms with van der Waals surface area (Å²) in [6.07, 6.45) is 8.92. The number of nitrogens with zero attached hydrogens (tertiary/aromatic N) is 3. The summed E-state index contributed by atoms with van der Waals surface area (Å²) in [6, 6.07) is 11.3. The molecule has 1 aliphatic heterocycles. The van der Waals surface area contributed by atoms with Gasteiger partial charge in [-0.25, -0.2) is 4.98 Å². The van der Waals surface area contributed by atoms with Crippen LogP contribution >= 0.6 is 11.8 Å². The molecule has 0 bridgehead atoms. The van der Waals surface area contributed by atoms with Gasteiger partial charge in [0.25, 0.3) is 5.56 Å². The minimum Gasteiger partial charge on any atom is -0.497 e. The van der Waals surface area contributed by atoms with Crippen LogP contribution in [0.15, 0.2) is 70.9 Å². The zero-order valence-electron chi connectivity index (χ0n) is 14.3. The van der Waals surface area contributed by atoms with Gasteiger partial charge in [0.1, 0.15) is 12.1 Å². The van der Waals surface area contributed by atoms with Gasteiger partial charge in [-0.05, 0) is 31.0 Å². The molecule has 0 fully saturated rings. The van der Waals surface area contributed by atoms with Crippen LogP contribution in [0.25, 0.3) is 10.6 Å². The van der Waals surface area contributed by atoms with Crippen LogP contribution in [0.3, 0.4) is 0 Å². The minimum atomic E-state index is -0.0649. The highest BCUT2D eigenvalue weighted by Crippen LogP contribution is 2.36. The first-order valence-corrected chi connectivity index (χ1v) is 9.11. The van der Waals surface area contributed by atoms with E-state index in [0.717, 1.165) is 34.7 Å². The number of benzene rings is 1. The third-order valence-corrected chi connectivity index (χ3v) is 5.44. The molecule has 130 valence electrons. The van der Waals surface area contributed by atoms with Crippen molar-refractivity contribution in [3.05, 3.63) is 82.8 Å². The lowest BCUT2D eigenvalue weighted by Crippen LogP contribution is -2.22. The fourth-order valence-electron chi connectivity index (χ4n) is 2.87. The second kappa shape index (κ2) is 7.17. The molecule has 0 unspecified atom stereocenters. The summed E-state index contributed by atoms with van der Waals surface area (Å²) >= 11 is 1.47. The molecule has 0 radical (unpaired) electrons. The number of hydrogen-bond acceptors (Lipinski definition) is 5. The average Bonchev–Trinajstić information content (AvgIpc) is 2.92. The van der Waals surface area contributed by atoms with Crippen molar-refractivity contribution >= 4 is 16.7 Å². The minimum absolute atomic E-state index is 0.0649. The van der Waals surface area contributed by atoms with E-state index < -0.39 is 0 Å². The predicted molar refractivity (Wildman–Crippen MR) is 103 cm³/mol. The standard InChI is InChI=1S/C20H17N3O2S/c1-25-16-7-2-6-15(11-16)23-13-22-17-8-3-9-18(26-19(17)20(23)24)14-5-4-10-21-12-14/h2,4-7,9-13H,3,8H2,1H3. The van der Waals surface area contributed by atoms with E-state index in [1.165, 1.54) is 11.8 Å². The maximum Gasteiger partial charge on any atom is 0.272 e. The molecule has 0 aliphatic carbocycles. The molecule has 0 saturated heterocycles. The third kappa shape index (κ3) is 3.15. The Morgan fingerprint density at radius 1 is 1.23 bits per heavy atom. The largest absolute Gasteiger partial charge is 0.497 e. The lowest BCUT2D eigenvalue weighted by atomic mass is 10.2. The van der Waals surface area contributed by atoms with E-state index in [-0.39, 0.29) is 5.56 Å². The summed E-state index contributed by atoms with van der Waals surface area (Å²) in [6.45, 7) is 0. The van der Waals surface area contributed by atoms with Gasteiger partial charge in [0, 0.05) is 28.9 Å². The van der Waals surface area contributed by atoms with E-state index in [2.05, 4.69) is 16.0 Å². The summed E-state index contributed by atoms with van der Waals surface area (Å²) in [4.78, 5) is 23.6. The fraction of sp³-hybridized carbons (Fsp3) is 0.150. The number of pyridine rings is 1. The number of ether oxygens (including phenoxy) is 1. The second-order valence-electron chi connectivity index (χ2n) is 5.85. The first-order valence-electron chi connectivity index (χ1n) is 8.29. The SMILES string of the molecule is COc1cccc(-n2cnc3c(c2=O)SC(c2cccnc2)=CCC3)c1. The van der Waals surface area contributed by atoms with E-state index in [9.17, 15) is 4.79 Å². The fourth-order valence-corrected chi connectivity index (χ4v) is 3.99. The van der Waals surface area contributed by atoms with E-state index in [1.54, 1.807) is 24.2 Å². The monoisotopic (exact) mass is 363 g/mol. The molecular weight excluding hydrogens is 346 g/mol. The molecule has 0 amide bonds. The van der Waals surface area contributed by atoms with Crippen LogP contribution in [0.5, 0.6) is 5.75 Å². The zero-order chi connectivity index (χ0) is 17.9. The molecule has 3 aromatic rings. The lowest BCUT2D eigenvalue weighted by Gasteiger charge is -2.11. The highest BCUT2D eigenvalue weighted by molar-refractivity contribution is 8.08. The van der Waals surface area contributed by atoms with Gasteiger partial charge in [-0.2, -0.15) is 0 Å². The molecule has 0 N–H and O–H groups in total. The summed E-state index contributed by atoms with van der Waals surface area (Å²) < 4.78 is 6.84. The highest BCUT2D eigenvalue weighted by atomic mass is 32.2. The Hall–Kier alpha value is -2.86. The smallest absolute Gasteiger partial charge is 0.272 e. The average molecular weight is 363 g/mol. The van der Waals surface area contributed by atoms with E-state index in [0.29, 0.717) is 10.6 Å². The van der Waals surface area contributed by atoms with Gasteiger partial charge in [0.2, 0.25) is 0 Å². The molecule has 1 aliphatic rings. The Kier molecular flexibility index (Phi) is 4.58. The van der Waals surface area contributed by atoms with E-state index in [1.807, 2.05) is 42.6 Å². The molecule has 0 spiro atoms. The first-order chi connectivity index (χ1) is 12.8. The number of hydrogen-bond donors (Lipinski definition) is 0. The highest BCUT2D eigenvalue weighted by Gasteiger charge is 2.19. The molecule has 26 heavy (non-hydrogen) atoms. The van der Waals surface area contributed by atoms with Gasteiger partial charge in [0.15, 0.2) is 0 Å². The number of methoxy groups -OCH3 is 1. The lowest BCUT2D eigenvalue weighted by molar-refractivity contribution is 0.414. The Bertz CT molecular complexity index is 1030. The van der Waals surface area contributed by atoms with Crippen LogP contribution in [0.2, 0.25) is 0 Å². The van der Waals surface area contributed by atoms with E-state index in [4.69, 9.17) is 4.74 Å². The molecule has 4 rings (SSSR count). The Morgan fingerprint density at radius 2 is 2.15 bits per heavy atom. The van der Waals surface area contributed by atoms with Crippen molar-refractivity contribution in [2.75, 3.05) is 7.11 Å². The normalized spacial score (nSPS) is 13.5. The van der Waals surface area contributed by atoms with Crippen LogP contribution < -0.4 is 10.3 Å². The second-order valence-corrected chi connectivity index (χ2v) is 6.90. The Labute approximate surface area is 155 Å². The number of aromatic nitrogens is 3. The molecule has 0 saturated carbocycles. The van der Waals surface area contributed by atoms with Crippen LogP contribution in [0.1, 0.15) is 17.7 Å². The Morgan fingerprint density at radius 3 is 2.96 bits per heavy atom. The molecule has 3 heterocycles. The Balaban J connectivity index is 1.78. The summed E-state index contributed by atoms with van der Waals surface area (Å²) in [7, 11) is 1.61. The van der Waals surface area contributed by atoms with Crippen molar-refractivity contribution in [2.45, 2.75) is 17.7 Å². The van der Waals surface area contributed by atoms with Crippen LogP contribution in [-0.2, 0) is 6.42 Å². The maximum absolute atomic E-state index is 13.2. The number of thioether (sulfide) groups is 1. The van der Waals surface area contributed by atoms with Gasteiger partial charge in [0.05, 0.1) is 23.4 Å². The van der Waals surface area contributed by atoms with Gasteiger partial charge < -0.3 is 4.74 Å². The topological polar surface area (TPSA) is 57.0 Å². The van der Waals surface area contributed by atoms with Crippen molar-refractivity contribution in [2.24, 2.45) is 0 Å². The van der Waals surface area contributed by atoms with Gasteiger partial charge in [-0.3, -0.25) is 14.3 Å². The molecule has 1 aromatic carbocycles. The summed E-state index contributed by atoms with van der Waals surface area (Å²) in [5.74, 6) is 0.702. The zero-order valence-corrected chi connectivity index (χ0v) is 15.1. The number of aryl methyl sites for hydroxylation is 1. The van der Waals surface area contributed by atoms with Crippen molar-refractivity contribution in [1.82, 2.24) is 14.5 Å². The molecule has 0 atom stereocenters. The molecule has 2 aromatic heterocycles. The van der Waals surface area contributed by atoms with Crippen LogP contribution in [0, 0.1) is 0 Å². The van der Waals surface area contributed by atoms with Gasteiger partial charge >= 0.3 is 0 Å². The van der Waals surface area contributed by atoms with Crippen molar-refractivity contribution in [3.63, 3.8) is 0 Å². The van der Waals surface area contributed by atoms with Crippen LogP contribution in [-0.4, -0.2) is 21.6 Å². The molecule has 6 heteroatoms. The quantitative estimate of drug-likeness (QED) is 0.710. The van der Waals surface area contributed by atoms with Gasteiger partial charge in [-0.15, -0.1) is 0 Å². The molecular formula is C20H17N3O2S. The third-order valence-electron chi connectivity index (χ3n) is 4.20. The van der Waals surface area contributed by atoms with Gasteiger partial charge in [-0.1, -0.05) is 30.0 Å². The number of fused-ring (bicyclic) bond motifs is 1. The van der Waals surface area contributed by atoms with E-state index >= 15 is 0 Å². The number of allylic oxidation sites excluding steroid dienone is 1.